The molecule has 0 aliphatic rings. The van der Waals surface area contributed by atoms with Crippen LogP contribution in [-0.2, 0) is 25.7 Å². The predicted octanol–water partition coefficient (Wildman–Crippen LogP) is 32.6. The molecule has 0 bridgehead atoms. The molecule has 656 valence electrons. The number of ether oxygens (including phenoxy) is 8. The molecule has 0 spiro atoms. The van der Waals surface area contributed by atoms with E-state index in [1.807, 2.05) is 159 Å². The van der Waals surface area contributed by atoms with Crippen molar-refractivity contribution in [1.29, 1.82) is 0 Å². The van der Waals surface area contributed by atoms with Gasteiger partial charge in [0.2, 0.25) is 0 Å². The molecule has 0 saturated carbocycles. The molecule has 0 N–H and O–H groups in total. The van der Waals surface area contributed by atoms with Gasteiger partial charge in [-0.2, -0.15) is 0 Å². The minimum Gasteiger partial charge on any atom is -0.493 e. The van der Waals surface area contributed by atoms with Gasteiger partial charge in [0.15, 0.2) is 0 Å². The second kappa shape index (κ2) is 79.4. The summed E-state index contributed by atoms with van der Waals surface area (Å²) in [5.74, 6) is 9.62. The van der Waals surface area contributed by atoms with Crippen LogP contribution in [0.15, 0.2) is 194 Å². The van der Waals surface area contributed by atoms with Crippen molar-refractivity contribution in [2.24, 2.45) is 23.7 Å². The Hall–Kier alpha value is -6.68. The molecule has 8 nitrogen and oxygen atoms in total. The molecule has 0 aliphatic carbocycles. The van der Waals surface area contributed by atoms with Crippen molar-refractivity contribution in [3.05, 3.63) is 239 Å². The lowest BCUT2D eigenvalue weighted by molar-refractivity contribution is 0.256. The Bertz CT molecular complexity index is 2660. The van der Waals surface area contributed by atoms with E-state index >= 15 is 0 Å². The van der Waals surface area contributed by atoms with Gasteiger partial charge < -0.3 is 37.9 Å². The van der Waals surface area contributed by atoms with Crippen LogP contribution in [0.3, 0.4) is 0 Å². The number of hydrogen-bond acceptors (Lipinski definition) is 8. The third kappa shape index (κ3) is 57.4. The largest absolute Gasteiger partial charge is 0.493 e. The molecule has 0 radical (unpaired) electrons. The summed E-state index contributed by atoms with van der Waals surface area (Å²) in [7, 11) is 0. The van der Waals surface area contributed by atoms with Gasteiger partial charge in [-0.1, -0.05) is 317 Å². The molecule has 0 unspecified atom stereocenters. The third-order valence-corrected chi connectivity index (χ3v) is 19.2. The summed E-state index contributed by atoms with van der Waals surface area (Å²) in [6.45, 7) is 63.1. The number of benzene rings is 8. The SMILES string of the molecule is CC.CC.CC.CC.CC.CC.CC.CC.CC[C@@H](C)COc1ccc(Cc2ccc(OC[C@@H](Cl)CC)cc2)cc1.CC[C@@H](C)COc1ccc(Cc2ccc(OC[C@H](Cl)CC)cc2)cc1.CC[C@H](C)COc1ccc(Cc2ccc(OC[C@@H](Cl)CC)cc2)cc1.CC[C@H](C)COc1ccc(Cc2ccc(OC[C@H](Cl)CC)cc2)cc1. The molecule has 0 saturated heterocycles. The summed E-state index contributed by atoms with van der Waals surface area (Å²) in [5.41, 5.74) is 10.1. The van der Waals surface area contributed by atoms with Crippen molar-refractivity contribution in [2.75, 3.05) is 52.9 Å². The van der Waals surface area contributed by atoms with Gasteiger partial charge in [-0.05, 0) is 217 Å². The highest BCUT2D eigenvalue weighted by Gasteiger charge is 2.11. The third-order valence-electron chi connectivity index (χ3n) is 17.4. The molecule has 0 aliphatic heterocycles. The number of halogens is 4. The van der Waals surface area contributed by atoms with E-state index in [9.17, 15) is 0 Å². The van der Waals surface area contributed by atoms with Crippen LogP contribution < -0.4 is 37.9 Å². The molecule has 0 fully saturated rings. The van der Waals surface area contributed by atoms with Crippen molar-refractivity contribution in [2.45, 2.75) is 292 Å². The second-order valence-electron chi connectivity index (χ2n) is 26.4. The molecule has 8 aromatic carbocycles. The van der Waals surface area contributed by atoms with Crippen molar-refractivity contribution in [3.63, 3.8) is 0 Å². The topological polar surface area (TPSA) is 73.8 Å². The number of rotatable bonds is 40. The fourth-order valence-electron chi connectivity index (χ4n) is 9.21. The zero-order valence-corrected chi connectivity index (χ0v) is 81.0. The lowest BCUT2D eigenvalue weighted by Crippen LogP contribution is -2.10. The highest BCUT2D eigenvalue weighted by molar-refractivity contribution is 6.21. The molecule has 0 heterocycles. The van der Waals surface area contributed by atoms with Gasteiger partial charge in [0.1, 0.15) is 72.4 Å². The lowest BCUT2D eigenvalue weighted by atomic mass is 10.0. The van der Waals surface area contributed by atoms with Crippen LogP contribution in [0.2, 0.25) is 0 Å². The highest BCUT2D eigenvalue weighted by atomic mass is 35.5. The summed E-state index contributed by atoms with van der Waals surface area (Å²) in [5, 5.41) is 0.280. The van der Waals surface area contributed by atoms with Gasteiger partial charge in [0.05, 0.1) is 47.9 Å². The van der Waals surface area contributed by atoms with Crippen molar-refractivity contribution >= 4 is 46.4 Å². The second-order valence-corrected chi connectivity index (χ2v) is 28.9. The zero-order chi connectivity index (χ0) is 88.3. The molecule has 0 aromatic heterocycles. The smallest absolute Gasteiger partial charge is 0.119 e. The van der Waals surface area contributed by atoms with Crippen molar-refractivity contribution < 1.29 is 37.9 Å². The van der Waals surface area contributed by atoms with E-state index in [1.165, 1.54) is 44.5 Å². The predicted molar refractivity (Wildman–Crippen MR) is 515 cm³/mol. The van der Waals surface area contributed by atoms with Gasteiger partial charge in [-0.15, -0.1) is 46.4 Å². The number of hydrogen-bond donors (Lipinski definition) is 0. The normalized spacial score (nSPS) is 11.9. The summed E-state index contributed by atoms with van der Waals surface area (Å²) < 4.78 is 46.0. The van der Waals surface area contributed by atoms with E-state index in [0.29, 0.717) is 50.1 Å². The molecule has 8 rings (SSSR count). The van der Waals surface area contributed by atoms with Crippen LogP contribution in [0, 0.1) is 23.7 Å². The average molecular weight is 1680 g/mol. The molecule has 8 aromatic rings. The maximum Gasteiger partial charge on any atom is 0.119 e. The maximum atomic E-state index is 6.08. The Labute approximate surface area is 732 Å². The Morgan fingerprint density at radius 2 is 0.276 bits per heavy atom. The lowest BCUT2D eigenvalue weighted by Gasteiger charge is -2.12. The van der Waals surface area contributed by atoms with Gasteiger partial charge in [0.25, 0.3) is 0 Å². The Balaban J connectivity index is -0.000000679. The summed E-state index contributed by atoms with van der Waals surface area (Å²) in [6.07, 6.45) is 11.8. The Kier molecular flexibility index (Phi) is 79.2. The van der Waals surface area contributed by atoms with Crippen LogP contribution in [0.25, 0.3) is 0 Å². The molecule has 8 atom stereocenters. The fourth-order valence-corrected chi connectivity index (χ4v) is 9.47. The highest BCUT2D eigenvalue weighted by Crippen LogP contribution is 2.25. The summed E-state index contributed by atoms with van der Waals surface area (Å²) >= 11 is 24.3. The van der Waals surface area contributed by atoms with Crippen LogP contribution in [0.1, 0.15) is 290 Å². The average Bonchev–Trinajstić information content (AvgIpc) is 0.889. The fraction of sp³-hybridized carbons (Fsp3) is 0.538. The van der Waals surface area contributed by atoms with Crippen LogP contribution in [0.5, 0.6) is 46.0 Å². The van der Waals surface area contributed by atoms with Crippen LogP contribution in [-0.4, -0.2) is 74.4 Å². The van der Waals surface area contributed by atoms with Gasteiger partial charge in [-0.3, -0.25) is 0 Å². The Morgan fingerprint density at radius 3 is 0.371 bits per heavy atom. The Morgan fingerprint density at radius 1 is 0.172 bits per heavy atom. The summed E-state index contributed by atoms with van der Waals surface area (Å²) in [4.78, 5) is 0. The first-order valence-electron chi connectivity index (χ1n) is 44.7. The van der Waals surface area contributed by atoms with Crippen LogP contribution >= 0.6 is 46.4 Å². The van der Waals surface area contributed by atoms with E-state index in [4.69, 9.17) is 84.3 Å². The molecular weight excluding hydrogens is 1520 g/mol. The van der Waals surface area contributed by atoms with E-state index < -0.39 is 0 Å². The molecule has 0 amide bonds. The van der Waals surface area contributed by atoms with Crippen molar-refractivity contribution in [3.8, 4) is 46.0 Å². The van der Waals surface area contributed by atoms with Gasteiger partial charge in [-0.25, -0.2) is 0 Å². The molecule has 116 heavy (non-hydrogen) atoms. The van der Waals surface area contributed by atoms with Gasteiger partial charge in [0, 0.05) is 0 Å². The first-order valence-corrected chi connectivity index (χ1v) is 46.5. The number of alkyl halides is 4. The van der Waals surface area contributed by atoms with E-state index in [0.717, 1.165) is 149 Å². The monoisotopic (exact) mass is 1680 g/mol. The minimum atomic E-state index is 0.0701. The van der Waals surface area contributed by atoms with Crippen molar-refractivity contribution in [1.82, 2.24) is 0 Å². The molecular formula is C104H164Cl4O8. The molecule has 12 heteroatoms. The van der Waals surface area contributed by atoms with E-state index in [2.05, 4.69) is 229 Å². The van der Waals surface area contributed by atoms with Gasteiger partial charge >= 0.3 is 0 Å². The quantitative estimate of drug-likeness (QED) is 0.0352. The first kappa shape index (κ1) is 116. The first-order chi connectivity index (χ1) is 56.4. The van der Waals surface area contributed by atoms with E-state index in [-0.39, 0.29) is 21.5 Å². The zero-order valence-electron chi connectivity index (χ0n) is 78.0. The standard InChI is InChI=1S/4C22H29ClO2.8C2H6/c4*1-4-17(3)15-24-21-10-6-18(7-11-21)14-19-8-12-22(13-9-19)25-16-20(23)5-2;8*1-2/h4*6-13,17,20H,4-5,14-16H2,1-3H3;8*1-2H3/t2*17-,20+;2*17-,20-;;;;;;;;/m1010......../s1. The maximum absolute atomic E-state index is 6.08. The summed E-state index contributed by atoms with van der Waals surface area (Å²) in [6, 6.07) is 66.5. The van der Waals surface area contributed by atoms with Crippen LogP contribution in [0.4, 0.5) is 0 Å². The van der Waals surface area contributed by atoms with E-state index in [1.54, 1.807) is 0 Å². The minimum absolute atomic E-state index is 0.0701.